The predicted octanol–water partition coefficient (Wildman–Crippen LogP) is 1.06. The first kappa shape index (κ1) is 17.5. The lowest BCUT2D eigenvalue weighted by atomic mass is 10.3. The Bertz CT molecular complexity index is 612. The molecule has 1 aromatic rings. The van der Waals surface area contributed by atoms with Gasteiger partial charge in [0.15, 0.2) is 0 Å². The van der Waals surface area contributed by atoms with E-state index in [1.807, 2.05) is 0 Å². The normalized spacial score (nSPS) is 16.7. The number of piperazine rings is 1. The molecule has 0 atom stereocenters. The molecule has 124 valence electrons. The number of sulfonamides is 1. The summed E-state index contributed by atoms with van der Waals surface area (Å²) in [6.45, 7) is 3.46. The molecule has 1 N–H and O–H groups in total. The van der Waals surface area contributed by atoms with Crippen LogP contribution in [0.1, 0.15) is 0 Å². The lowest BCUT2D eigenvalue weighted by Crippen LogP contribution is -2.50. The van der Waals surface area contributed by atoms with Gasteiger partial charge in [0.1, 0.15) is 4.21 Å². The Hall–Kier alpha value is -0.870. The highest BCUT2D eigenvalue weighted by Crippen LogP contribution is 2.25. The summed E-state index contributed by atoms with van der Waals surface area (Å²) < 4.78 is 31.9. The molecular formula is C12H18ClN3O4S2. The van der Waals surface area contributed by atoms with E-state index in [9.17, 15) is 13.2 Å². The van der Waals surface area contributed by atoms with E-state index in [1.165, 1.54) is 13.2 Å². The fourth-order valence-electron chi connectivity index (χ4n) is 2.13. The number of amides is 1. The molecule has 7 nitrogen and oxygen atoms in total. The fourth-order valence-corrected chi connectivity index (χ4v) is 4.68. The number of methoxy groups -OCH3 is 1. The van der Waals surface area contributed by atoms with Crippen LogP contribution in [-0.4, -0.2) is 70.7 Å². The number of ether oxygens (including phenoxy) is 1. The van der Waals surface area contributed by atoms with Crippen LogP contribution >= 0.6 is 22.9 Å². The molecule has 10 heteroatoms. The maximum Gasteiger partial charge on any atom is 0.409 e. The number of nitrogens with one attached hydrogen (secondary N) is 1. The maximum atomic E-state index is 12.0. The molecular weight excluding hydrogens is 350 g/mol. The minimum absolute atomic E-state index is 0.216. The van der Waals surface area contributed by atoms with E-state index in [4.69, 9.17) is 11.6 Å². The van der Waals surface area contributed by atoms with Crippen molar-refractivity contribution in [3.8, 4) is 0 Å². The second-order valence-corrected chi connectivity index (χ2v) is 8.46. The summed E-state index contributed by atoms with van der Waals surface area (Å²) in [6, 6.07) is 3.05. The van der Waals surface area contributed by atoms with Crippen LogP contribution in [0.3, 0.4) is 0 Å². The van der Waals surface area contributed by atoms with E-state index in [1.54, 1.807) is 11.0 Å². The quantitative estimate of drug-likeness (QED) is 0.842. The molecule has 0 bridgehead atoms. The first-order valence-electron chi connectivity index (χ1n) is 6.72. The highest BCUT2D eigenvalue weighted by Gasteiger charge is 2.22. The van der Waals surface area contributed by atoms with Crippen LogP contribution in [0.2, 0.25) is 4.34 Å². The topological polar surface area (TPSA) is 79.0 Å². The van der Waals surface area contributed by atoms with Gasteiger partial charge in [0.25, 0.3) is 0 Å². The van der Waals surface area contributed by atoms with Gasteiger partial charge in [-0.1, -0.05) is 11.6 Å². The van der Waals surface area contributed by atoms with E-state index in [-0.39, 0.29) is 10.3 Å². The molecule has 0 aromatic carbocycles. The minimum Gasteiger partial charge on any atom is -0.453 e. The third-order valence-corrected chi connectivity index (χ3v) is 6.52. The van der Waals surface area contributed by atoms with Crippen molar-refractivity contribution in [1.82, 2.24) is 14.5 Å². The van der Waals surface area contributed by atoms with E-state index in [2.05, 4.69) is 14.4 Å². The third-order valence-electron chi connectivity index (χ3n) is 3.34. The molecule has 0 radical (unpaired) electrons. The maximum absolute atomic E-state index is 12.0. The Labute approximate surface area is 138 Å². The first-order valence-corrected chi connectivity index (χ1v) is 9.40. The number of rotatable bonds is 5. The van der Waals surface area contributed by atoms with Gasteiger partial charge in [-0.25, -0.2) is 17.9 Å². The van der Waals surface area contributed by atoms with Crippen LogP contribution in [0.4, 0.5) is 4.79 Å². The molecule has 2 rings (SSSR count). The summed E-state index contributed by atoms with van der Waals surface area (Å²) in [4.78, 5) is 15.1. The molecule has 2 heterocycles. The summed E-state index contributed by atoms with van der Waals surface area (Å²) in [5.41, 5.74) is 0. The number of halogens is 1. The Morgan fingerprint density at radius 2 is 2.05 bits per heavy atom. The number of nitrogens with zero attached hydrogens (tertiary/aromatic N) is 2. The molecule has 1 aliphatic rings. The van der Waals surface area contributed by atoms with Gasteiger partial charge in [-0.2, -0.15) is 0 Å². The van der Waals surface area contributed by atoms with Crippen LogP contribution < -0.4 is 4.72 Å². The lowest BCUT2D eigenvalue weighted by Gasteiger charge is -2.33. The van der Waals surface area contributed by atoms with Gasteiger partial charge in [-0.3, -0.25) is 4.90 Å². The molecule has 0 saturated carbocycles. The number of carbonyl (C=O) groups is 1. The van der Waals surface area contributed by atoms with Gasteiger partial charge >= 0.3 is 6.09 Å². The van der Waals surface area contributed by atoms with Crippen LogP contribution in [0.15, 0.2) is 16.3 Å². The average Bonchev–Trinajstić information content (AvgIpc) is 2.94. The Morgan fingerprint density at radius 3 is 2.59 bits per heavy atom. The second kappa shape index (κ2) is 7.60. The molecule has 1 fully saturated rings. The number of hydrogen-bond donors (Lipinski definition) is 1. The molecule has 1 aliphatic heterocycles. The predicted molar refractivity (Wildman–Crippen MR) is 84.9 cm³/mol. The third kappa shape index (κ3) is 4.56. The van der Waals surface area contributed by atoms with Crippen LogP contribution in [0, 0.1) is 0 Å². The molecule has 1 amide bonds. The van der Waals surface area contributed by atoms with Gasteiger partial charge in [-0.15, -0.1) is 11.3 Å². The average molecular weight is 368 g/mol. The van der Waals surface area contributed by atoms with E-state index in [0.717, 1.165) is 11.3 Å². The van der Waals surface area contributed by atoms with Crippen molar-refractivity contribution in [3.05, 3.63) is 16.5 Å². The summed E-state index contributed by atoms with van der Waals surface area (Å²) in [5.74, 6) is 0. The largest absolute Gasteiger partial charge is 0.453 e. The summed E-state index contributed by atoms with van der Waals surface area (Å²) >= 11 is 6.78. The van der Waals surface area contributed by atoms with E-state index >= 15 is 0 Å². The van der Waals surface area contributed by atoms with E-state index in [0.29, 0.717) is 43.6 Å². The molecule has 0 spiro atoms. The van der Waals surface area contributed by atoms with Crippen molar-refractivity contribution >= 4 is 39.1 Å². The van der Waals surface area contributed by atoms with Crippen LogP contribution in [0.25, 0.3) is 0 Å². The Morgan fingerprint density at radius 1 is 1.36 bits per heavy atom. The SMILES string of the molecule is COC(=O)N1CCN(CCNS(=O)(=O)c2ccc(Cl)s2)CC1. The van der Waals surface area contributed by atoms with Gasteiger partial charge in [0, 0.05) is 39.3 Å². The van der Waals surface area contributed by atoms with Crippen molar-refractivity contribution in [2.75, 3.05) is 46.4 Å². The van der Waals surface area contributed by atoms with Gasteiger partial charge in [0.2, 0.25) is 10.0 Å². The van der Waals surface area contributed by atoms with Gasteiger partial charge < -0.3 is 9.64 Å². The molecule has 1 saturated heterocycles. The van der Waals surface area contributed by atoms with Crippen molar-refractivity contribution in [1.29, 1.82) is 0 Å². The minimum atomic E-state index is -3.50. The molecule has 0 unspecified atom stereocenters. The highest BCUT2D eigenvalue weighted by atomic mass is 35.5. The monoisotopic (exact) mass is 367 g/mol. The Balaban J connectivity index is 1.75. The van der Waals surface area contributed by atoms with E-state index < -0.39 is 10.0 Å². The molecule has 22 heavy (non-hydrogen) atoms. The van der Waals surface area contributed by atoms with Crippen molar-refractivity contribution < 1.29 is 17.9 Å². The smallest absolute Gasteiger partial charge is 0.409 e. The fraction of sp³-hybridized carbons (Fsp3) is 0.583. The lowest BCUT2D eigenvalue weighted by molar-refractivity contribution is 0.0918. The summed E-state index contributed by atoms with van der Waals surface area (Å²) in [7, 11) is -2.13. The van der Waals surface area contributed by atoms with Crippen molar-refractivity contribution in [2.45, 2.75) is 4.21 Å². The van der Waals surface area contributed by atoms with Crippen LogP contribution in [-0.2, 0) is 14.8 Å². The number of thiophene rings is 1. The summed E-state index contributed by atoms with van der Waals surface area (Å²) in [6.07, 6.45) is -0.324. The number of carbonyl (C=O) groups excluding carboxylic acids is 1. The number of hydrogen-bond acceptors (Lipinski definition) is 6. The zero-order valence-electron chi connectivity index (χ0n) is 12.1. The van der Waals surface area contributed by atoms with Crippen LogP contribution in [0.5, 0.6) is 0 Å². The molecule has 1 aromatic heterocycles. The standard InChI is InChI=1S/C12H18ClN3O4S2/c1-20-12(17)16-8-6-15(7-9-16)5-4-14-22(18,19)11-3-2-10(13)21-11/h2-3,14H,4-9H2,1H3. The highest BCUT2D eigenvalue weighted by molar-refractivity contribution is 7.91. The van der Waals surface area contributed by atoms with Gasteiger partial charge in [-0.05, 0) is 12.1 Å². The second-order valence-electron chi connectivity index (χ2n) is 4.76. The molecule has 0 aliphatic carbocycles. The Kier molecular flexibility index (Phi) is 6.04. The van der Waals surface area contributed by atoms with Crippen molar-refractivity contribution in [3.63, 3.8) is 0 Å². The van der Waals surface area contributed by atoms with Crippen molar-refractivity contribution in [2.24, 2.45) is 0 Å². The zero-order chi connectivity index (χ0) is 16.2. The van der Waals surface area contributed by atoms with Gasteiger partial charge in [0.05, 0.1) is 11.4 Å². The summed E-state index contributed by atoms with van der Waals surface area (Å²) in [5, 5.41) is 0. The first-order chi connectivity index (χ1) is 10.4. The zero-order valence-corrected chi connectivity index (χ0v) is 14.5.